The Hall–Kier alpha value is -0.610. The third-order valence-corrected chi connectivity index (χ3v) is 2.09. The summed E-state index contributed by atoms with van der Waals surface area (Å²) in [7, 11) is 1.35. The van der Waals surface area contributed by atoms with Gasteiger partial charge in [-0.3, -0.25) is 4.79 Å². The minimum atomic E-state index is -0.860. The lowest BCUT2D eigenvalue weighted by atomic mass is 9.96. The predicted molar refractivity (Wildman–Crippen MR) is 55.0 cm³/mol. The molecule has 84 valence electrons. The van der Waals surface area contributed by atoms with E-state index in [1.54, 1.807) is 6.92 Å². The topological polar surface area (TPSA) is 61.5 Å². The van der Waals surface area contributed by atoms with Crippen molar-refractivity contribution in [1.29, 1.82) is 0 Å². The molecule has 0 heterocycles. The molecule has 0 aliphatic carbocycles. The molecule has 0 aliphatic rings. The van der Waals surface area contributed by atoms with Gasteiger partial charge in [0.05, 0.1) is 7.11 Å². The molecule has 1 atom stereocenters. The molecule has 2 N–H and O–H groups in total. The Morgan fingerprint density at radius 3 is 2.57 bits per heavy atom. The van der Waals surface area contributed by atoms with E-state index in [1.165, 1.54) is 7.11 Å². The van der Waals surface area contributed by atoms with Crippen LogP contribution in [0, 0.1) is 0 Å². The van der Waals surface area contributed by atoms with E-state index >= 15 is 0 Å². The largest absolute Gasteiger partial charge is 0.468 e. The van der Waals surface area contributed by atoms with E-state index in [2.05, 4.69) is 4.74 Å². The summed E-state index contributed by atoms with van der Waals surface area (Å²) in [5.41, 5.74) is 4.91. The minimum Gasteiger partial charge on any atom is -0.468 e. The van der Waals surface area contributed by atoms with Crippen LogP contribution in [0.1, 0.15) is 33.1 Å². The maximum Gasteiger partial charge on any atom is 0.325 e. The van der Waals surface area contributed by atoms with Crippen LogP contribution in [0.25, 0.3) is 0 Å². The maximum absolute atomic E-state index is 11.2. The first-order valence-corrected chi connectivity index (χ1v) is 4.99. The number of nitrogens with two attached hydrogens (primary N) is 1. The van der Waals surface area contributed by atoms with Crippen LogP contribution in [-0.4, -0.2) is 31.8 Å². The van der Waals surface area contributed by atoms with Crippen molar-refractivity contribution in [3.05, 3.63) is 0 Å². The van der Waals surface area contributed by atoms with Crippen LogP contribution in [-0.2, 0) is 14.3 Å². The number of methoxy groups -OCH3 is 1. The van der Waals surface area contributed by atoms with Crippen LogP contribution in [0.2, 0.25) is 0 Å². The van der Waals surface area contributed by atoms with Crippen molar-refractivity contribution in [1.82, 2.24) is 0 Å². The second-order valence-corrected chi connectivity index (χ2v) is 3.56. The Bertz CT molecular complexity index is 169. The van der Waals surface area contributed by atoms with Crippen LogP contribution in [0.15, 0.2) is 0 Å². The Morgan fingerprint density at radius 1 is 1.43 bits per heavy atom. The fraction of sp³-hybridized carbons (Fsp3) is 0.900. The number of carbonyl (C=O) groups is 1. The minimum absolute atomic E-state index is 0.353. The van der Waals surface area contributed by atoms with E-state index < -0.39 is 5.54 Å². The summed E-state index contributed by atoms with van der Waals surface area (Å²) in [6.45, 7) is 5.12. The third kappa shape index (κ3) is 5.19. The number of hydrogen-bond acceptors (Lipinski definition) is 4. The highest BCUT2D eigenvalue weighted by Gasteiger charge is 2.28. The van der Waals surface area contributed by atoms with E-state index in [9.17, 15) is 4.79 Å². The second kappa shape index (κ2) is 6.79. The Kier molecular flexibility index (Phi) is 6.49. The molecule has 0 aliphatic heterocycles. The van der Waals surface area contributed by atoms with Crippen LogP contribution >= 0.6 is 0 Å². The summed E-state index contributed by atoms with van der Waals surface area (Å²) in [5, 5.41) is 0. The second-order valence-electron chi connectivity index (χ2n) is 3.56. The van der Waals surface area contributed by atoms with E-state index in [-0.39, 0.29) is 5.97 Å². The maximum atomic E-state index is 11.2. The molecule has 0 aromatic heterocycles. The van der Waals surface area contributed by atoms with E-state index in [1.807, 2.05) is 6.92 Å². The number of esters is 1. The van der Waals surface area contributed by atoms with E-state index in [0.717, 1.165) is 26.1 Å². The molecule has 0 amide bonds. The molecule has 0 bridgehead atoms. The Balaban J connectivity index is 3.60. The van der Waals surface area contributed by atoms with Crippen LogP contribution in [0.4, 0.5) is 0 Å². The smallest absolute Gasteiger partial charge is 0.325 e. The highest BCUT2D eigenvalue weighted by atomic mass is 16.5. The molecule has 0 fully saturated rings. The fourth-order valence-corrected chi connectivity index (χ4v) is 1.18. The molecule has 0 rings (SSSR count). The lowest BCUT2D eigenvalue weighted by Gasteiger charge is -2.20. The summed E-state index contributed by atoms with van der Waals surface area (Å²) >= 11 is 0. The van der Waals surface area contributed by atoms with Gasteiger partial charge in [-0.1, -0.05) is 0 Å². The van der Waals surface area contributed by atoms with Crippen molar-refractivity contribution in [2.45, 2.75) is 38.6 Å². The molecule has 0 aromatic carbocycles. The highest BCUT2D eigenvalue weighted by Crippen LogP contribution is 2.12. The van der Waals surface area contributed by atoms with Gasteiger partial charge in [0.25, 0.3) is 0 Å². The molecule has 0 radical (unpaired) electrons. The van der Waals surface area contributed by atoms with Crippen molar-refractivity contribution in [2.24, 2.45) is 5.73 Å². The summed E-state index contributed by atoms with van der Waals surface area (Å²) in [6, 6.07) is 0. The van der Waals surface area contributed by atoms with Crippen LogP contribution in [0.5, 0.6) is 0 Å². The van der Waals surface area contributed by atoms with Gasteiger partial charge in [0.1, 0.15) is 5.54 Å². The average molecular weight is 203 g/mol. The van der Waals surface area contributed by atoms with Gasteiger partial charge >= 0.3 is 5.97 Å². The summed E-state index contributed by atoms with van der Waals surface area (Å²) in [5.74, 6) is -0.353. The van der Waals surface area contributed by atoms with Gasteiger partial charge in [-0.2, -0.15) is 0 Å². The van der Waals surface area contributed by atoms with Gasteiger partial charge in [-0.15, -0.1) is 0 Å². The zero-order chi connectivity index (χ0) is 11.0. The Morgan fingerprint density at radius 2 is 2.07 bits per heavy atom. The Labute approximate surface area is 85.8 Å². The molecule has 0 saturated heterocycles. The van der Waals surface area contributed by atoms with Gasteiger partial charge in [0.15, 0.2) is 0 Å². The molecular weight excluding hydrogens is 182 g/mol. The zero-order valence-corrected chi connectivity index (χ0v) is 9.34. The third-order valence-electron chi connectivity index (χ3n) is 2.09. The first-order valence-electron chi connectivity index (χ1n) is 4.99. The van der Waals surface area contributed by atoms with Crippen LogP contribution in [0.3, 0.4) is 0 Å². The van der Waals surface area contributed by atoms with Gasteiger partial charge in [0.2, 0.25) is 0 Å². The number of unbranched alkanes of at least 4 members (excludes halogenated alkanes) is 1. The molecule has 1 unspecified atom stereocenters. The van der Waals surface area contributed by atoms with Crippen molar-refractivity contribution in [3.63, 3.8) is 0 Å². The summed E-state index contributed by atoms with van der Waals surface area (Å²) < 4.78 is 9.78. The van der Waals surface area contributed by atoms with Gasteiger partial charge in [-0.25, -0.2) is 0 Å². The molecular formula is C10H21NO3. The normalized spacial score (nSPS) is 14.9. The first-order chi connectivity index (χ1) is 6.54. The standard InChI is InChI=1S/C10H21NO3/c1-4-14-8-6-5-7-10(2,11)9(12)13-3/h4-8,11H2,1-3H3. The fourth-order valence-electron chi connectivity index (χ4n) is 1.18. The van der Waals surface area contributed by atoms with E-state index in [0.29, 0.717) is 6.42 Å². The van der Waals surface area contributed by atoms with Crippen LogP contribution < -0.4 is 5.73 Å². The molecule has 14 heavy (non-hydrogen) atoms. The summed E-state index contributed by atoms with van der Waals surface area (Å²) in [4.78, 5) is 11.2. The lowest BCUT2D eigenvalue weighted by Crippen LogP contribution is -2.45. The molecule has 0 spiro atoms. The van der Waals surface area contributed by atoms with Gasteiger partial charge < -0.3 is 15.2 Å². The number of ether oxygens (including phenoxy) is 2. The quantitative estimate of drug-likeness (QED) is 0.497. The van der Waals surface area contributed by atoms with Crippen molar-refractivity contribution in [3.8, 4) is 0 Å². The molecule has 4 heteroatoms. The summed E-state index contributed by atoms with van der Waals surface area (Å²) in [6.07, 6.45) is 2.44. The monoisotopic (exact) mass is 203 g/mol. The SMILES string of the molecule is CCOCCCCC(C)(N)C(=O)OC. The average Bonchev–Trinajstić information content (AvgIpc) is 2.16. The number of rotatable bonds is 7. The predicted octanol–water partition coefficient (Wildman–Crippen LogP) is 1.08. The van der Waals surface area contributed by atoms with Crippen molar-refractivity contribution >= 4 is 5.97 Å². The first kappa shape index (κ1) is 13.4. The molecule has 0 saturated carbocycles. The van der Waals surface area contributed by atoms with Gasteiger partial charge in [0, 0.05) is 13.2 Å². The molecule has 4 nitrogen and oxygen atoms in total. The number of carbonyl (C=O) groups excluding carboxylic acids is 1. The van der Waals surface area contributed by atoms with Crippen molar-refractivity contribution in [2.75, 3.05) is 20.3 Å². The van der Waals surface area contributed by atoms with Crippen molar-refractivity contribution < 1.29 is 14.3 Å². The van der Waals surface area contributed by atoms with E-state index in [4.69, 9.17) is 10.5 Å². The van der Waals surface area contributed by atoms with Gasteiger partial charge in [-0.05, 0) is 33.1 Å². The molecule has 0 aromatic rings. The zero-order valence-electron chi connectivity index (χ0n) is 9.34. The lowest BCUT2D eigenvalue weighted by molar-refractivity contribution is -0.146. The number of hydrogen-bond donors (Lipinski definition) is 1. The highest BCUT2D eigenvalue weighted by molar-refractivity contribution is 5.79.